The molecular weight excluding hydrogens is 234 g/mol. The minimum Gasteiger partial charge on any atom is -0.375 e. The highest BCUT2D eigenvalue weighted by Crippen LogP contribution is 2.25. The fourth-order valence-corrected chi connectivity index (χ4v) is 2.42. The highest BCUT2D eigenvalue weighted by Gasteiger charge is 2.23. The van der Waals surface area contributed by atoms with Crippen molar-refractivity contribution < 1.29 is 4.74 Å². The van der Waals surface area contributed by atoms with Crippen molar-refractivity contribution in [2.45, 2.75) is 52.2 Å². The summed E-state index contributed by atoms with van der Waals surface area (Å²) in [6, 6.07) is 10.9. The van der Waals surface area contributed by atoms with Crippen LogP contribution in [0.1, 0.15) is 51.7 Å². The summed E-state index contributed by atoms with van der Waals surface area (Å²) in [5.41, 5.74) is 1.27. The van der Waals surface area contributed by atoms with Crippen LogP contribution in [0.2, 0.25) is 0 Å². The number of hydrogen-bond acceptors (Lipinski definition) is 2. The number of hydrogen-bond donors (Lipinski definition) is 1. The molecule has 0 spiro atoms. The van der Waals surface area contributed by atoms with Crippen molar-refractivity contribution in [3.8, 4) is 0 Å². The van der Waals surface area contributed by atoms with E-state index in [2.05, 4.69) is 56.4 Å². The maximum absolute atomic E-state index is 5.78. The molecule has 0 aliphatic rings. The molecule has 108 valence electrons. The van der Waals surface area contributed by atoms with Gasteiger partial charge in [0, 0.05) is 13.2 Å². The maximum Gasteiger partial charge on any atom is 0.0974 e. The Morgan fingerprint density at radius 3 is 2.37 bits per heavy atom. The number of methoxy groups -OCH3 is 1. The Morgan fingerprint density at radius 1 is 1.16 bits per heavy atom. The second-order valence-corrected chi connectivity index (χ2v) is 5.38. The van der Waals surface area contributed by atoms with E-state index in [4.69, 9.17) is 4.74 Å². The van der Waals surface area contributed by atoms with Crippen molar-refractivity contribution in [3.05, 3.63) is 35.9 Å². The van der Waals surface area contributed by atoms with E-state index in [-0.39, 0.29) is 6.10 Å². The lowest BCUT2D eigenvalue weighted by molar-refractivity contribution is 0.0596. The monoisotopic (exact) mass is 263 g/mol. The standard InChI is InChI=1S/C17H29NO/c1-5-12-18-16(13-14(3)6-2)17(19-4)15-10-8-7-9-11-15/h7-11,14,16-18H,5-6,12-13H2,1-4H3. The molecule has 3 unspecified atom stereocenters. The van der Waals surface area contributed by atoms with Crippen molar-refractivity contribution in [2.75, 3.05) is 13.7 Å². The zero-order chi connectivity index (χ0) is 14.1. The highest BCUT2D eigenvalue weighted by molar-refractivity contribution is 5.19. The van der Waals surface area contributed by atoms with E-state index in [0.29, 0.717) is 6.04 Å². The van der Waals surface area contributed by atoms with Crippen LogP contribution in [-0.2, 0) is 4.74 Å². The van der Waals surface area contributed by atoms with Crippen molar-refractivity contribution in [1.29, 1.82) is 0 Å². The number of ether oxygens (including phenoxy) is 1. The van der Waals surface area contributed by atoms with Gasteiger partial charge in [0.2, 0.25) is 0 Å². The lowest BCUT2D eigenvalue weighted by Gasteiger charge is -2.29. The first-order valence-corrected chi connectivity index (χ1v) is 7.54. The number of rotatable bonds is 9. The predicted octanol–water partition coefficient (Wildman–Crippen LogP) is 4.18. The third-order valence-corrected chi connectivity index (χ3v) is 3.76. The molecule has 1 aromatic rings. The SMILES string of the molecule is CCCNC(CC(C)CC)C(OC)c1ccccc1. The third-order valence-electron chi connectivity index (χ3n) is 3.76. The van der Waals surface area contributed by atoms with Crippen LogP contribution in [0.3, 0.4) is 0 Å². The lowest BCUT2D eigenvalue weighted by atomic mass is 9.92. The Hall–Kier alpha value is -0.860. The van der Waals surface area contributed by atoms with Crippen LogP contribution >= 0.6 is 0 Å². The van der Waals surface area contributed by atoms with Crippen LogP contribution in [-0.4, -0.2) is 19.7 Å². The molecule has 0 saturated heterocycles. The summed E-state index contributed by atoms with van der Waals surface area (Å²) in [5.74, 6) is 0.718. The average Bonchev–Trinajstić information content (AvgIpc) is 2.46. The van der Waals surface area contributed by atoms with E-state index in [1.807, 2.05) is 7.11 Å². The molecule has 19 heavy (non-hydrogen) atoms. The van der Waals surface area contributed by atoms with Gasteiger partial charge in [-0.2, -0.15) is 0 Å². The zero-order valence-electron chi connectivity index (χ0n) is 12.9. The summed E-state index contributed by atoms with van der Waals surface area (Å²) in [6.45, 7) is 7.83. The van der Waals surface area contributed by atoms with Gasteiger partial charge in [-0.15, -0.1) is 0 Å². The first kappa shape index (κ1) is 16.2. The molecule has 1 aromatic carbocycles. The summed E-state index contributed by atoms with van der Waals surface area (Å²) in [4.78, 5) is 0. The lowest BCUT2D eigenvalue weighted by Crippen LogP contribution is -2.37. The molecule has 0 radical (unpaired) electrons. The van der Waals surface area contributed by atoms with Crippen LogP contribution in [0.5, 0.6) is 0 Å². The van der Waals surface area contributed by atoms with E-state index >= 15 is 0 Å². The second kappa shape index (κ2) is 9.11. The molecule has 0 aliphatic carbocycles. The van der Waals surface area contributed by atoms with Gasteiger partial charge in [0.15, 0.2) is 0 Å². The van der Waals surface area contributed by atoms with E-state index in [0.717, 1.165) is 25.3 Å². The van der Waals surface area contributed by atoms with Gasteiger partial charge in [0.05, 0.1) is 6.10 Å². The Labute approximate surface area is 118 Å². The summed E-state index contributed by atoms with van der Waals surface area (Å²) in [5, 5.41) is 3.66. The molecule has 3 atom stereocenters. The zero-order valence-corrected chi connectivity index (χ0v) is 12.9. The van der Waals surface area contributed by atoms with Crippen molar-refractivity contribution in [1.82, 2.24) is 5.32 Å². The van der Waals surface area contributed by atoms with Crippen molar-refractivity contribution in [3.63, 3.8) is 0 Å². The Kier molecular flexibility index (Phi) is 7.76. The van der Waals surface area contributed by atoms with Gasteiger partial charge < -0.3 is 10.1 Å². The third kappa shape index (κ3) is 5.33. The van der Waals surface area contributed by atoms with Gasteiger partial charge in [-0.1, -0.05) is 57.5 Å². The van der Waals surface area contributed by atoms with E-state index in [9.17, 15) is 0 Å². The molecule has 0 amide bonds. The quantitative estimate of drug-likeness (QED) is 0.721. The highest BCUT2D eigenvalue weighted by atomic mass is 16.5. The van der Waals surface area contributed by atoms with E-state index in [1.54, 1.807) is 0 Å². The van der Waals surface area contributed by atoms with E-state index < -0.39 is 0 Å². The van der Waals surface area contributed by atoms with Crippen LogP contribution in [0.15, 0.2) is 30.3 Å². The smallest absolute Gasteiger partial charge is 0.0974 e. The van der Waals surface area contributed by atoms with E-state index in [1.165, 1.54) is 12.0 Å². The average molecular weight is 263 g/mol. The fourth-order valence-electron chi connectivity index (χ4n) is 2.42. The molecule has 0 aromatic heterocycles. The maximum atomic E-state index is 5.78. The Bertz CT molecular complexity index is 325. The Morgan fingerprint density at radius 2 is 1.84 bits per heavy atom. The molecule has 0 saturated carbocycles. The molecule has 1 N–H and O–H groups in total. The molecule has 0 fully saturated rings. The number of nitrogens with one attached hydrogen (secondary N) is 1. The van der Waals surface area contributed by atoms with Crippen LogP contribution < -0.4 is 5.32 Å². The van der Waals surface area contributed by atoms with Gasteiger partial charge >= 0.3 is 0 Å². The molecular formula is C17H29NO. The van der Waals surface area contributed by atoms with Gasteiger partial charge in [0.1, 0.15) is 0 Å². The molecule has 0 bridgehead atoms. The van der Waals surface area contributed by atoms with Crippen LogP contribution in [0.25, 0.3) is 0 Å². The fraction of sp³-hybridized carbons (Fsp3) is 0.647. The first-order valence-electron chi connectivity index (χ1n) is 7.54. The van der Waals surface area contributed by atoms with Crippen molar-refractivity contribution >= 4 is 0 Å². The predicted molar refractivity (Wildman–Crippen MR) is 82.3 cm³/mol. The summed E-state index contributed by atoms with van der Waals surface area (Å²) in [7, 11) is 1.81. The Balaban J connectivity index is 2.79. The largest absolute Gasteiger partial charge is 0.375 e. The van der Waals surface area contributed by atoms with Crippen molar-refractivity contribution in [2.24, 2.45) is 5.92 Å². The van der Waals surface area contributed by atoms with Crippen LogP contribution in [0, 0.1) is 5.92 Å². The topological polar surface area (TPSA) is 21.3 Å². The molecule has 0 heterocycles. The normalized spacial score (nSPS) is 16.0. The van der Waals surface area contributed by atoms with Gasteiger partial charge in [-0.05, 0) is 30.9 Å². The second-order valence-electron chi connectivity index (χ2n) is 5.38. The first-order chi connectivity index (χ1) is 9.22. The summed E-state index contributed by atoms with van der Waals surface area (Å²) >= 11 is 0. The molecule has 0 aliphatic heterocycles. The molecule has 2 nitrogen and oxygen atoms in total. The molecule has 1 rings (SSSR count). The molecule has 2 heteroatoms. The minimum atomic E-state index is 0.141. The summed E-state index contributed by atoms with van der Waals surface area (Å²) in [6.07, 6.45) is 3.67. The number of benzene rings is 1. The van der Waals surface area contributed by atoms with Gasteiger partial charge in [-0.3, -0.25) is 0 Å². The minimum absolute atomic E-state index is 0.141. The van der Waals surface area contributed by atoms with Gasteiger partial charge in [0.25, 0.3) is 0 Å². The summed E-state index contributed by atoms with van der Waals surface area (Å²) < 4.78 is 5.78. The van der Waals surface area contributed by atoms with Gasteiger partial charge in [-0.25, -0.2) is 0 Å². The van der Waals surface area contributed by atoms with Crippen LogP contribution in [0.4, 0.5) is 0 Å².